The summed E-state index contributed by atoms with van der Waals surface area (Å²) in [6.45, 7) is 0. The first kappa shape index (κ1) is 17.1. The van der Waals surface area contributed by atoms with Crippen molar-refractivity contribution in [1.82, 2.24) is 5.32 Å². The van der Waals surface area contributed by atoms with Crippen LogP contribution in [0.3, 0.4) is 0 Å². The number of carbonyl (C=O) groups excluding carboxylic acids is 1. The SMILES string of the molecule is COC(NC(=O)Nc1ccccc1)(C(F)(F)F)C(F)(F)F. The summed E-state index contributed by atoms with van der Waals surface area (Å²) in [7, 11) is 0.198. The number of hydrogen-bond donors (Lipinski definition) is 2. The Kier molecular flexibility index (Phi) is 4.72. The largest absolute Gasteiger partial charge is 0.446 e. The van der Waals surface area contributed by atoms with E-state index in [-0.39, 0.29) is 12.8 Å². The van der Waals surface area contributed by atoms with Crippen molar-refractivity contribution in [1.29, 1.82) is 0 Å². The summed E-state index contributed by atoms with van der Waals surface area (Å²) in [5, 5.41) is 2.63. The third-order valence-electron chi connectivity index (χ3n) is 2.43. The molecule has 0 spiro atoms. The molecule has 0 unspecified atom stereocenters. The molecule has 4 nitrogen and oxygen atoms in total. The van der Waals surface area contributed by atoms with Crippen LogP contribution in [-0.2, 0) is 4.74 Å². The number of benzene rings is 1. The number of hydrogen-bond acceptors (Lipinski definition) is 2. The predicted molar refractivity (Wildman–Crippen MR) is 60.4 cm³/mol. The molecule has 0 atom stereocenters. The van der Waals surface area contributed by atoms with E-state index in [1.165, 1.54) is 24.3 Å². The van der Waals surface area contributed by atoms with Gasteiger partial charge in [-0.15, -0.1) is 0 Å². The van der Waals surface area contributed by atoms with Crippen LogP contribution >= 0.6 is 0 Å². The van der Waals surface area contributed by atoms with Crippen LogP contribution in [0.4, 0.5) is 36.8 Å². The van der Waals surface area contributed by atoms with Crippen molar-refractivity contribution in [2.24, 2.45) is 0 Å². The first-order valence-corrected chi connectivity index (χ1v) is 5.36. The smallest absolute Gasteiger partial charge is 0.344 e. The highest BCUT2D eigenvalue weighted by Gasteiger charge is 2.73. The van der Waals surface area contributed by atoms with Crippen LogP contribution in [0.25, 0.3) is 0 Å². The number of halogens is 6. The Bertz CT molecular complexity index is 472. The predicted octanol–water partition coefficient (Wildman–Crippen LogP) is 3.28. The number of amides is 2. The lowest BCUT2D eigenvalue weighted by Gasteiger charge is -2.35. The Labute approximate surface area is 115 Å². The number of carbonyl (C=O) groups is 1. The van der Waals surface area contributed by atoms with Crippen LogP contribution in [0.1, 0.15) is 0 Å². The Morgan fingerprint density at radius 3 is 1.86 bits per heavy atom. The van der Waals surface area contributed by atoms with Crippen molar-refractivity contribution >= 4 is 11.7 Å². The second kappa shape index (κ2) is 5.80. The lowest BCUT2D eigenvalue weighted by molar-refractivity contribution is -0.381. The molecule has 0 saturated carbocycles. The number of anilines is 1. The normalized spacial score (nSPS) is 12.9. The second-order valence-corrected chi connectivity index (χ2v) is 3.83. The fourth-order valence-electron chi connectivity index (χ4n) is 1.43. The number of alkyl halides is 6. The van der Waals surface area contributed by atoms with Gasteiger partial charge in [0, 0.05) is 12.8 Å². The minimum absolute atomic E-state index is 0.0179. The first-order valence-electron chi connectivity index (χ1n) is 5.36. The molecule has 2 N–H and O–H groups in total. The summed E-state index contributed by atoms with van der Waals surface area (Å²) in [4.78, 5) is 11.4. The van der Waals surface area contributed by atoms with Crippen LogP contribution < -0.4 is 10.6 Å². The molecule has 0 aliphatic carbocycles. The minimum Gasteiger partial charge on any atom is -0.344 e. The quantitative estimate of drug-likeness (QED) is 0.664. The number of methoxy groups -OCH3 is 1. The molecule has 0 aliphatic heterocycles. The Balaban J connectivity index is 3.00. The summed E-state index contributed by atoms with van der Waals surface area (Å²) < 4.78 is 79.7. The summed E-state index contributed by atoms with van der Waals surface area (Å²) >= 11 is 0. The third kappa shape index (κ3) is 3.57. The highest BCUT2D eigenvalue weighted by molar-refractivity contribution is 5.89. The molecule has 0 heterocycles. The molecule has 0 saturated heterocycles. The fraction of sp³-hybridized carbons (Fsp3) is 0.364. The molecule has 1 rings (SSSR count). The monoisotopic (exact) mass is 316 g/mol. The van der Waals surface area contributed by atoms with Crippen LogP contribution in [0.2, 0.25) is 0 Å². The van der Waals surface area contributed by atoms with Gasteiger partial charge in [-0.05, 0) is 12.1 Å². The zero-order valence-electron chi connectivity index (χ0n) is 10.5. The maximum atomic E-state index is 12.7. The third-order valence-corrected chi connectivity index (χ3v) is 2.43. The number of nitrogens with one attached hydrogen (secondary N) is 2. The van der Waals surface area contributed by atoms with Gasteiger partial charge in [-0.25, -0.2) is 4.79 Å². The van der Waals surface area contributed by atoms with Crippen LogP contribution in [0, 0.1) is 0 Å². The van der Waals surface area contributed by atoms with Gasteiger partial charge in [-0.2, -0.15) is 26.3 Å². The molecule has 0 fully saturated rings. The van der Waals surface area contributed by atoms with Gasteiger partial charge in [0.05, 0.1) is 0 Å². The Hall–Kier alpha value is -1.97. The van der Waals surface area contributed by atoms with Gasteiger partial charge in [0.15, 0.2) is 0 Å². The zero-order valence-corrected chi connectivity index (χ0v) is 10.5. The maximum Gasteiger partial charge on any atom is 0.446 e. The molecule has 21 heavy (non-hydrogen) atoms. The van der Waals surface area contributed by atoms with Crippen LogP contribution in [0.5, 0.6) is 0 Å². The summed E-state index contributed by atoms with van der Waals surface area (Å²) in [6.07, 6.45) is -11.8. The van der Waals surface area contributed by atoms with Gasteiger partial charge in [0.2, 0.25) is 0 Å². The van der Waals surface area contributed by atoms with Crippen molar-refractivity contribution in [3.05, 3.63) is 30.3 Å². The molecule has 1 aromatic carbocycles. The molecule has 0 aromatic heterocycles. The average Bonchev–Trinajstić information content (AvgIpc) is 2.34. The average molecular weight is 316 g/mol. The fourth-order valence-corrected chi connectivity index (χ4v) is 1.43. The molecule has 0 bridgehead atoms. The van der Waals surface area contributed by atoms with Crippen molar-refractivity contribution in [3.8, 4) is 0 Å². The van der Waals surface area contributed by atoms with Crippen LogP contribution in [-0.4, -0.2) is 31.2 Å². The maximum absolute atomic E-state index is 12.7. The molecule has 118 valence electrons. The Morgan fingerprint density at radius 2 is 1.48 bits per heavy atom. The van der Waals surface area contributed by atoms with E-state index in [1.807, 2.05) is 5.32 Å². The van der Waals surface area contributed by atoms with E-state index in [4.69, 9.17) is 0 Å². The van der Waals surface area contributed by atoms with E-state index in [9.17, 15) is 31.1 Å². The second-order valence-electron chi connectivity index (χ2n) is 3.83. The number of urea groups is 1. The highest BCUT2D eigenvalue weighted by atomic mass is 19.4. The minimum atomic E-state index is -5.89. The molecule has 10 heteroatoms. The van der Waals surface area contributed by atoms with E-state index >= 15 is 0 Å². The van der Waals surface area contributed by atoms with Crippen molar-refractivity contribution in [2.75, 3.05) is 12.4 Å². The highest BCUT2D eigenvalue weighted by Crippen LogP contribution is 2.43. The van der Waals surface area contributed by atoms with Gasteiger partial charge in [-0.3, -0.25) is 5.32 Å². The molecule has 2 amide bonds. The number of para-hydroxylation sites is 1. The topological polar surface area (TPSA) is 50.4 Å². The number of rotatable bonds is 3. The van der Waals surface area contributed by atoms with E-state index in [1.54, 1.807) is 6.07 Å². The van der Waals surface area contributed by atoms with E-state index in [0.717, 1.165) is 5.32 Å². The standard InChI is InChI=1S/C11H10F6N2O2/c1-21-9(10(12,13)14,11(15,16)17)19-8(20)18-7-5-3-2-4-6-7/h2-6H,1H3,(H2,18,19,20). The molecular weight excluding hydrogens is 306 g/mol. The molecule has 0 aliphatic rings. The number of ether oxygens (including phenoxy) is 1. The summed E-state index contributed by atoms with van der Waals surface area (Å²) in [5.41, 5.74) is -4.77. The van der Waals surface area contributed by atoms with Gasteiger partial charge >= 0.3 is 24.1 Å². The summed E-state index contributed by atoms with van der Waals surface area (Å²) in [5.74, 6) is 0. The van der Waals surface area contributed by atoms with Gasteiger partial charge < -0.3 is 10.1 Å². The molecular formula is C11H10F6N2O2. The van der Waals surface area contributed by atoms with Gasteiger partial charge in [0.25, 0.3) is 0 Å². The molecule has 1 aromatic rings. The lowest BCUT2D eigenvalue weighted by Crippen LogP contribution is -2.69. The van der Waals surface area contributed by atoms with Gasteiger partial charge in [0.1, 0.15) is 0 Å². The zero-order chi connectivity index (χ0) is 16.3. The van der Waals surface area contributed by atoms with Gasteiger partial charge in [-0.1, -0.05) is 18.2 Å². The van der Waals surface area contributed by atoms with Crippen molar-refractivity contribution in [2.45, 2.75) is 18.1 Å². The molecule has 0 radical (unpaired) electrons. The van der Waals surface area contributed by atoms with E-state index in [0.29, 0.717) is 0 Å². The lowest BCUT2D eigenvalue weighted by atomic mass is 10.2. The van der Waals surface area contributed by atoms with Crippen LogP contribution in [0.15, 0.2) is 30.3 Å². The summed E-state index contributed by atoms with van der Waals surface area (Å²) in [6, 6.07) is 5.29. The van der Waals surface area contributed by atoms with E-state index < -0.39 is 24.1 Å². The first-order chi connectivity index (χ1) is 9.53. The Morgan fingerprint density at radius 1 is 1.00 bits per heavy atom. The van der Waals surface area contributed by atoms with Crippen molar-refractivity contribution in [3.63, 3.8) is 0 Å². The van der Waals surface area contributed by atoms with E-state index in [2.05, 4.69) is 4.74 Å². The van der Waals surface area contributed by atoms with Crippen molar-refractivity contribution < 1.29 is 35.9 Å².